The first-order valence-electron chi connectivity index (χ1n) is 11.3. The average molecular weight is 498 g/mol. The van der Waals surface area contributed by atoms with E-state index in [2.05, 4.69) is 16.7 Å². The fourth-order valence-corrected chi connectivity index (χ4v) is 3.13. The van der Waals surface area contributed by atoms with E-state index in [1.807, 2.05) is 42.2 Å². The molecule has 4 N–H and O–H groups in total. The number of aliphatic carboxylic acids is 4. The molecule has 1 amide bonds. The highest BCUT2D eigenvalue weighted by Gasteiger charge is 2.19. The first-order valence-corrected chi connectivity index (χ1v) is 11.3. The number of para-hydroxylation sites is 1. The van der Waals surface area contributed by atoms with E-state index in [0.717, 1.165) is 32.0 Å². The molecule has 0 aliphatic carbocycles. The van der Waals surface area contributed by atoms with Crippen molar-refractivity contribution in [1.29, 1.82) is 0 Å². The lowest BCUT2D eigenvalue weighted by Gasteiger charge is -2.36. The standard InChI is InChI=1S/C19H31N3O.2C2H2O4/c1-3-5-12-20-13-9-14-21(17-20)15-16-22(19(23)4-2)18-10-7-6-8-11-18;2*3-1(4)2(5)6/h6-8,10-11H,3-5,9,12-17H2,1-2H3;2*(H,3,4)(H,5,6). The van der Waals surface area contributed by atoms with Crippen molar-refractivity contribution in [3.05, 3.63) is 30.3 Å². The minimum absolute atomic E-state index is 0.205. The molecular weight excluding hydrogens is 462 g/mol. The monoisotopic (exact) mass is 497 g/mol. The van der Waals surface area contributed by atoms with Crippen LogP contribution in [0.25, 0.3) is 0 Å². The molecule has 1 aliphatic heterocycles. The molecule has 0 atom stereocenters. The van der Waals surface area contributed by atoms with Gasteiger partial charge in [0, 0.05) is 38.3 Å². The maximum absolute atomic E-state index is 12.3. The number of carbonyl (C=O) groups excluding carboxylic acids is 1. The number of carbonyl (C=O) groups is 5. The van der Waals surface area contributed by atoms with Gasteiger partial charge in [-0.25, -0.2) is 19.2 Å². The van der Waals surface area contributed by atoms with Crippen molar-refractivity contribution in [2.45, 2.75) is 39.5 Å². The number of amides is 1. The van der Waals surface area contributed by atoms with Gasteiger partial charge in [-0.15, -0.1) is 0 Å². The van der Waals surface area contributed by atoms with E-state index in [1.54, 1.807) is 0 Å². The van der Waals surface area contributed by atoms with Crippen LogP contribution in [0.15, 0.2) is 30.3 Å². The molecule has 1 heterocycles. The summed E-state index contributed by atoms with van der Waals surface area (Å²) in [6, 6.07) is 10.0. The van der Waals surface area contributed by atoms with Crippen LogP contribution in [0.2, 0.25) is 0 Å². The minimum Gasteiger partial charge on any atom is -0.473 e. The highest BCUT2D eigenvalue weighted by molar-refractivity contribution is 6.27. The Morgan fingerprint density at radius 2 is 1.29 bits per heavy atom. The molecule has 1 aliphatic rings. The number of hydrogen-bond donors (Lipinski definition) is 4. The van der Waals surface area contributed by atoms with Crippen LogP contribution in [0.4, 0.5) is 5.69 Å². The smallest absolute Gasteiger partial charge is 0.414 e. The van der Waals surface area contributed by atoms with Crippen molar-refractivity contribution in [2.75, 3.05) is 44.3 Å². The number of rotatable bonds is 8. The minimum atomic E-state index is -1.82. The van der Waals surface area contributed by atoms with Gasteiger partial charge in [-0.3, -0.25) is 14.6 Å². The van der Waals surface area contributed by atoms with Gasteiger partial charge in [0.1, 0.15) is 0 Å². The van der Waals surface area contributed by atoms with Gasteiger partial charge in [0.2, 0.25) is 5.91 Å². The summed E-state index contributed by atoms with van der Waals surface area (Å²) in [5.74, 6) is -7.09. The molecule has 0 bridgehead atoms. The summed E-state index contributed by atoms with van der Waals surface area (Å²) in [5, 5.41) is 29.6. The van der Waals surface area contributed by atoms with Gasteiger partial charge >= 0.3 is 23.9 Å². The largest absolute Gasteiger partial charge is 0.473 e. The Balaban J connectivity index is 0.000000797. The number of benzene rings is 1. The third-order valence-corrected chi connectivity index (χ3v) is 4.85. The van der Waals surface area contributed by atoms with Gasteiger partial charge in [0.25, 0.3) is 0 Å². The van der Waals surface area contributed by atoms with Gasteiger partial charge in [-0.05, 0) is 31.5 Å². The van der Waals surface area contributed by atoms with Gasteiger partial charge in [0.15, 0.2) is 0 Å². The second-order valence-electron chi connectivity index (χ2n) is 7.54. The fourth-order valence-electron chi connectivity index (χ4n) is 3.13. The third kappa shape index (κ3) is 14.4. The molecule has 196 valence electrons. The lowest BCUT2D eigenvalue weighted by Crippen LogP contribution is -2.48. The van der Waals surface area contributed by atoms with Crippen LogP contribution in [-0.4, -0.2) is 99.4 Å². The number of carboxylic acid groups (broad SMARTS) is 4. The molecule has 1 aromatic rings. The number of nitrogens with zero attached hydrogens (tertiary/aromatic N) is 3. The van der Waals surface area contributed by atoms with E-state index in [0.29, 0.717) is 6.42 Å². The number of hydrogen-bond acceptors (Lipinski definition) is 7. The highest BCUT2D eigenvalue weighted by Crippen LogP contribution is 2.15. The van der Waals surface area contributed by atoms with Crippen molar-refractivity contribution >= 4 is 35.5 Å². The molecule has 0 saturated carbocycles. The van der Waals surface area contributed by atoms with E-state index < -0.39 is 23.9 Å². The molecule has 0 radical (unpaired) electrons. The van der Waals surface area contributed by atoms with Crippen molar-refractivity contribution < 1.29 is 44.4 Å². The predicted octanol–water partition coefficient (Wildman–Crippen LogP) is 1.51. The molecule has 0 unspecified atom stereocenters. The second-order valence-corrected chi connectivity index (χ2v) is 7.54. The van der Waals surface area contributed by atoms with Gasteiger partial charge in [-0.2, -0.15) is 0 Å². The van der Waals surface area contributed by atoms with Crippen LogP contribution in [0.1, 0.15) is 39.5 Å². The van der Waals surface area contributed by atoms with Crippen LogP contribution >= 0.6 is 0 Å². The lowest BCUT2D eigenvalue weighted by molar-refractivity contribution is -0.159. The van der Waals surface area contributed by atoms with E-state index in [1.165, 1.54) is 32.4 Å². The van der Waals surface area contributed by atoms with E-state index in [-0.39, 0.29) is 5.91 Å². The second kappa shape index (κ2) is 17.9. The summed E-state index contributed by atoms with van der Waals surface area (Å²) in [7, 11) is 0. The highest BCUT2D eigenvalue weighted by atomic mass is 16.4. The Labute approximate surface area is 204 Å². The SMILES string of the molecule is CCCCN1CCCN(CCN(C(=O)CC)c2ccccc2)C1.O=C(O)C(=O)O.O=C(O)C(=O)O. The lowest BCUT2D eigenvalue weighted by atomic mass is 10.2. The Kier molecular flexibility index (Phi) is 16.1. The summed E-state index contributed by atoms with van der Waals surface area (Å²) in [6.07, 6.45) is 4.32. The molecular formula is C23H35N3O9. The Bertz CT molecular complexity index is 770. The normalized spacial score (nSPS) is 13.3. The topological polar surface area (TPSA) is 176 Å². The number of anilines is 1. The molecule has 12 nitrogen and oxygen atoms in total. The summed E-state index contributed by atoms with van der Waals surface area (Å²) >= 11 is 0. The molecule has 0 aromatic heterocycles. The molecule has 1 aromatic carbocycles. The van der Waals surface area contributed by atoms with Crippen molar-refractivity contribution in [2.24, 2.45) is 0 Å². The first-order chi connectivity index (χ1) is 16.5. The third-order valence-electron chi connectivity index (χ3n) is 4.85. The zero-order valence-corrected chi connectivity index (χ0v) is 20.1. The molecule has 12 heteroatoms. The first kappa shape index (κ1) is 31.5. The zero-order chi connectivity index (χ0) is 26.8. The maximum atomic E-state index is 12.3. The summed E-state index contributed by atoms with van der Waals surface area (Å²) in [5.41, 5.74) is 1.01. The Morgan fingerprint density at radius 3 is 1.71 bits per heavy atom. The van der Waals surface area contributed by atoms with Crippen molar-refractivity contribution in [3.8, 4) is 0 Å². The molecule has 2 rings (SSSR count). The fraction of sp³-hybridized carbons (Fsp3) is 0.522. The number of unbranched alkanes of at least 4 members (excludes halogenated alkanes) is 1. The van der Waals surface area contributed by atoms with Crippen LogP contribution in [0.3, 0.4) is 0 Å². The molecule has 1 saturated heterocycles. The predicted molar refractivity (Wildman–Crippen MR) is 127 cm³/mol. The maximum Gasteiger partial charge on any atom is 0.414 e. The van der Waals surface area contributed by atoms with Crippen molar-refractivity contribution in [3.63, 3.8) is 0 Å². The number of carboxylic acids is 4. The van der Waals surface area contributed by atoms with Crippen LogP contribution < -0.4 is 4.90 Å². The van der Waals surface area contributed by atoms with E-state index in [9.17, 15) is 4.79 Å². The molecule has 35 heavy (non-hydrogen) atoms. The summed E-state index contributed by atoms with van der Waals surface area (Å²) < 4.78 is 0. The van der Waals surface area contributed by atoms with Crippen LogP contribution in [0, 0.1) is 0 Å². The summed E-state index contributed by atoms with van der Waals surface area (Å²) in [6.45, 7) is 10.5. The average Bonchev–Trinajstić information content (AvgIpc) is 2.84. The van der Waals surface area contributed by atoms with Gasteiger partial charge < -0.3 is 25.3 Å². The zero-order valence-electron chi connectivity index (χ0n) is 20.1. The van der Waals surface area contributed by atoms with E-state index >= 15 is 0 Å². The quantitative estimate of drug-likeness (QED) is 0.383. The molecule has 0 spiro atoms. The van der Waals surface area contributed by atoms with Gasteiger partial charge in [0.05, 0.1) is 6.67 Å². The summed E-state index contributed by atoms with van der Waals surface area (Å²) in [4.78, 5) is 55.6. The van der Waals surface area contributed by atoms with Crippen LogP contribution in [0.5, 0.6) is 0 Å². The van der Waals surface area contributed by atoms with Gasteiger partial charge in [-0.1, -0.05) is 38.5 Å². The van der Waals surface area contributed by atoms with E-state index in [4.69, 9.17) is 39.6 Å². The van der Waals surface area contributed by atoms with Crippen LogP contribution in [-0.2, 0) is 24.0 Å². The van der Waals surface area contributed by atoms with Crippen molar-refractivity contribution in [1.82, 2.24) is 9.80 Å². The molecule has 1 fully saturated rings. The Hall–Kier alpha value is -3.51. The Morgan fingerprint density at radius 1 is 0.800 bits per heavy atom.